The lowest BCUT2D eigenvalue weighted by atomic mass is 10.1. The molecule has 0 aliphatic heterocycles. The quantitative estimate of drug-likeness (QED) is 0.796. The van der Waals surface area contributed by atoms with Gasteiger partial charge < -0.3 is 4.90 Å². The Kier molecular flexibility index (Phi) is 6.18. The van der Waals surface area contributed by atoms with E-state index in [2.05, 4.69) is 0 Å². The molecule has 0 saturated heterocycles. The third kappa shape index (κ3) is 5.21. The van der Waals surface area contributed by atoms with Crippen molar-refractivity contribution in [2.75, 3.05) is 11.9 Å². The second kappa shape index (κ2) is 7.31. The van der Waals surface area contributed by atoms with Crippen LogP contribution in [0.3, 0.4) is 0 Å². The molecule has 0 aliphatic rings. The van der Waals surface area contributed by atoms with E-state index < -0.39 is 27.5 Å². The SMILES string of the molecule is CCCCC(c1ccc(N(C)C(=O)C(F)(F)F)cc1)S(=O)(=O)O. The Balaban J connectivity index is 3.04. The van der Waals surface area contributed by atoms with Crippen LogP contribution < -0.4 is 4.90 Å². The predicted molar refractivity (Wildman–Crippen MR) is 79.7 cm³/mol. The summed E-state index contributed by atoms with van der Waals surface area (Å²) in [6.45, 7) is 1.86. The Morgan fingerprint density at radius 1 is 1.26 bits per heavy atom. The zero-order chi connectivity index (χ0) is 17.8. The molecule has 0 saturated carbocycles. The molecule has 0 bridgehead atoms. The number of hydrogen-bond acceptors (Lipinski definition) is 3. The summed E-state index contributed by atoms with van der Waals surface area (Å²) in [4.78, 5) is 11.6. The summed E-state index contributed by atoms with van der Waals surface area (Å²) in [5, 5.41) is -1.14. The molecule has 0 heterocycles. The average molecular weight is 353 g/mol. The minimum atomic E-state index is -4.99. The van der Waals surface area contributed by atoms with Crippen molar-refractivity contribution in [2.45, 2.75) is 37.6 Å². The Morgan fingerprint density at radius 2 is 1.78 bits per heavy atom. The van der Waals surface area contributed by atoms with Crippen molar-refractivity contribution in [3.05, 3.63) is 29.8 Å². The first-order chi connectivity index (χ1) is 10.5. The molecule has 0 radical (unpaired) electrons. The van der Waals surface area contributed by atoms with Crippen LogP contribution in [0.2, 0.25) is 0 Å². The number of carbonyl (C=O) groups excluding carboxylic acids is 1. The summed E-state index contributed by atoms with van der Waals surface area (Å²) in [6.07, 6.45) is -3.50. The minimum absolute atomic E-state index is 0.0272. The Bertz CT molecular complexity index is 641. The van der Waals surface area contributed by atoms with Crippen molar-refractivity contribution in [2.24, 2.45) is 0 Å². The summed E-state index contributed by atoms with van der Waals surface area (Å²) in [5.41, 5.74) is 0.234. The Hall–Kier alpha value is -1.61. The van der Waals surface area contributed by atoms with E-state index in [0.29, 0.717) is 11.3 Å². The molecule has 1 atom stereocenters. The predicted octanol–water partition coefficient (Wildman–Crippen LogP) is 3.33. The highest BCUT2D eigenvalue weighted by atomic mass is 32.2. The molecule has 0 aromatic heterocycles. The van der Waals surface area contributed by atoms with Crippen LogP contribution in [0, 0.1) is 0 Å². The van der Waals surface area contributed by atoms with Gasteiger partial charge in [-0.15, -0.1) is 0 Å². The van der Waals surface area contributed by atoms with Crippen molar-refractivity contribution in [1.82, 2.24) is 0 Å². The maximum absolute atomic E-state index is 12.4. The number of amides is 1. The zero-order valence-electron chi connectivity index (χ0n) is 12.7. The summed E-state index contributed by atoms with van der Waals surface area (Å²) >= 11 is 0. The van der Waals surface area contributed by atoms with Crippen molar-refractivity contribution < 1.29 is 30.9 Å². The Labute approximate surface area is 132 Å². The van der Waals surface area contributed by atoms with Crippen molar-refractivity contribution >= 4 is 21.7 Å². The van der Waals surface area contributed by atoms with Gasteiger partial charge >= 0.3 is 12.1 Å². The smallest absolute Gasteiger partial charge is 0.308 e. The van der Waals surface area contributed by atoms with Crippen LogP contribution in [0.5, 0.6) is 0 Å². The van der Waals surface area contributed by atoms with Crippen LogP contribution in [0.1, 0.15) is 37.0 Å². The molecular formula is C14H18F3NO4S. The highest BCUT2D eigenvalue weighted by molar-refractivity contribution is 7.86. The van der Waals surface area contributed by atoms with Gasteiger partial charge in [-0.2, -0.15) is 21.6 Å². The third-order valence-electron chi connectivity index (χ3n) is 3.38. The highest BCUT2D eigenvalue weighted by Crippen LogP contribution is 2.29. The third-order valence-corrected chi connectivity index (χ3v) is 4.61. The number of nitrogens with zero attached hydrogens (tertiary/aromatic N) is 1. The lowest BCUT2D eigenvalue weighted by Gasteiger charge is -2.20. The molecule has 0 fully saturated rings. The van der Waals surface area contributed by atoms with Crippen LogP contribution >= 0.6 is 0 Å². The normalized spacial score (nSPS) is 13.7. The van der Waals surface area contributed by atoms with Crippen LogP contribution in [0.4, 0.5) is 18.9 Å². The molecule has 1 unspecified atom stereocenters. The van der Waals surface area contributed by atoms with Gasteiger partial charge in [0.05, 0.1) is 0 Å². The largest absolute Gasteiger partial charge is 0.471 e. The van der Waals surface area contributed by atoms with Crippen LogP contribution in [0.25, 0.3) is 0 Å². The van der Waals surface area contributed by atoms with Crippen molar-refractivity contribution in [3.63, 3.8) is 0 Å². The number of unbranched alkanes of at least 4 members (excludes halogenated alkanes) is 1. The summed E-state index contributed by atoms with van der Waals surface area (Å²) in [5.74, 6) is -2.03. The van der Waals surface area contributed by atoms with Gasteiger partial charge in [0, 0.05) is 12.7 Å². The van der Waals surface area contributed by atoms with Crippen LogP contribution in [-0.2, 0) is 14.9 Å². The number of carbonyl (C=O) groups is 1. The van der Waals surface area contributed by atoms with Gasteiger partial charge in [-0.05, 0) is 24.1 Å². The minimum Gasteiger partial charge on any atom is -0.308 e. The average Bonchev–Trinajstić information content (AvgIpc) is 2.44. The lowest BCUT2D eigenvalue weighted by Crippen LogP contribution is -2.38. The van der Waals surface area contributed by atoms with Gasteiger partial charge in [0.1, 0.15) is 5.25 Å². The number of anilines is 1. The highest BCUT2D eigenvalue weighted by Gasteiger charge is 2.41. The molecule has 0 spiro atoms. The van der Waals surface area contributed by atoms with E-state index in [9.17, 15) is 30.9 Å². The molecule has 0 aliphatic carbocycles. The zero-order valence-corrected chi connectivity index (χ0v) is 13.5. The molecule has 5 nitrogen and oxygen atoms in total. The van der Waals surface area contributed by atoms with Crippen molar-refractivity contribution in [3.8, 4) is 0 Å². The van der Waals surface area contributed by atoms with E-state index >= 15 is 0 Å². The van der Waals surface area contributed by atoms with Gasteiger partial charge in [0.2, 0.25) is 0 Å². The van der Waals surface area contributed by atoms with Gasteiger partial charge in [0.25, 0.3) is 10.1 Å². The number of alkyl halides is 3. The maximum atomic E-state index is 12.4. The first-order valence-corrected chi connectivity index (χ1v) is 8.40. The van der Waals surface area contributed by atoms with Gasteiger partial charge in [0.15, 0.2) is 0 Å². The molecule has 23 heavy (non-hydrogen) atoms. The summed E-state index contributed by atoms with van der Waals surface area (Å²) in [6, 6.07) is 5.01. The standard InChI is InChI=1S/C14H18F3NO4S/c1-3-4-5-12(23(20,21)22)10-6-8-11(9-7-10)18(2)13(19)14(15,16)17/h6-9,12H,3-5H2,1-2H3,(H,20,21,22). The first kappa shape index (κ1) is 19.4. The molecule has 1 amide bonds. The Morgan fingerprint density at radius 3 is 2.17 bits per heavy atom. The van der Waals surface area contributed by atoms with Gasteiger partial charge in [-0.1, -0.05) is 31.9 Å². The molecule has 1 N–H and O–H groups in total. The van der Waals surface area contributed by atoms with Crippen molar-refractivity contribution in [1.29, 1.82) is 0 Å². The van der Waals surface area contributed by atoms with E-state index in [1.807, 2.05) is 6.92 Å². The number of hydrogen-bond donors (Lipinski definition) is 1. The van der Waals surface area contributed by atoms with E-state index in [4.69, 9.17) is 0 Å². The fourth-order valence-electron chi connectivity index (χ4n) is 2.10. The number of benzene rings is 1. The lowest BCUT2D eigenvalue weighted by molar-refractivity contribution is -0.170. The molecular weight excluding hydrogens is 335 g/mol. The second-order valence-corrected chi connectivity index (χ2v) is 6.70. The molecule has 130 valence electrons. The fraction of sp³-hybridized carbons (Fsp3) is 0.500. The summed E-state index contributed by atoms with van der Waals surface area (Å²) in [7, 11) is -3.35. The monoisotopic (exact) mass is 353 g/mol. The topological polar surface area (TPSA) is 74.7 Å². The molecule has 1 aromatic rings. The van der Waals surface area contributed by atoms with E-state index in [0.717, 1.165) is 13.5 Å². The van der Waals surface area contributed by atoms with E-state index in [1.165, 1.54) is 24.3 Å². The van der Waals surface area contributed by atoms with Crippen LogP contribution in [-0.4, -0.2) is 32.1 Å². The van der Waals surface area contributed by atoms with E-state index in [1.54, 1.807) is 0 Å². The fourth-order valence-corrected chi connectivity index (χ4v) is 3.06. The first-order valence-electron chi connectivity index (χ1n) is 6.89. The van der Waals surface area contributed by atoms with E-state index in [-0.39, 0.29) is 17.7 Å². The number of halogens is 3. The van der Waals surface area contributed by atoms with Gasteiger partial charge in [-0.3, -0.25) is 9.35 Å². The molecule has 1 rings (SSSR count). The summed E-state index contributed by atoms with van der Waals surface area (Å²) < 4.78 is 69.3. The second-order valence-electron chi connectivity index (χ2n) is 5.10. The molecule has 1 aromatic carbocycles. The molecule has 9 heteroatoms. The van der Waals surface area contributed by atoms with Gasteiger partial charge in [-0.25, -0.2) is 0 Å². The maximum Gasteiger partial charge on any atom is 0.471 e. The van der Waals surface area contributed by atoms with Crippen LogP contribution in [0.15, 0.2) is 24.3 Å². The number of rotatable bonds is 6.